The second-order valence-electron chi connectivity index (χ2n) is 5.78. The molecular formula is C19H28N4S. The summed E-state index contributed by atoms with van der Waals surface area (Å²) in [5, 5.41) is 7.90. The zero-order valence-electron chi connectivity index (χ0n) is 14.9. The largest absolute Gasteiger partial charge is 0.357 e. The van der Waals surface area contributed by atoms with Crippen LogP contribution in [-0.4, -0.2) is 30.6 Å². The lowest BCUT2D eigenvalue weighted by molar-refractivity contribution is 0.774. The van der Waals surface area contributed by atoms with Gasteiger partial charge in [0.2, 0.25) is 0 Å². The van der Waals surface area contributed by atoms with E-state index in [-0.39, 0.29) is 0 Å². The third-order valence-corrected chi connectivity index (χ3v) is 4.92. The molecule has 4 nitrogen and oxygen atoms in total. The number of aromatic nitrogens is 1. The first kappa shape index (κ1) is 18.5. The standard InChI is InChI=1S/C19H28N4S/c1-4-20-19(21-13-8-11-17-9-6-5-7-10-17)22-14-12-18-23-15(2)16(3)24-18/h5-7,9-10H,4,8,11-14H2,1-3H3,(H2,20,21,22). The van der Waals surface area contributed by atoms with Gasteiger partial charge in [0, 0.05) is 30.9 Å². The number of rotatable bonds is 8. The summed E-state index contributed by atoms with van der Waals surface area (Å²) >= 11 is 1.79. The van der Waals surface area contributed by atoms with Gasteiger partial charge in [-0.15, -0.1) is 11.3 Å². The highest BCUT2D eigenvalue weighted by Crippen LogP contribution is 2.16. The van der Waals surface area contributed by atoms with Gasteiger partial charge in [-0.3, -0.25) is 4.99 Å². The maximum Gasteiger partial charge on any atom is 0.191 e. The smallest absolute Gasteiger partial charge is 0.191 e. The number of hydrogen-bond donors (Lipinski definition) is 2. The van der Waals surface area contributed by atoms with Gasteiger partial charge < -0.3 is 10.6 Å². The third-order valence-electron chi connectivity index (χ3n) is 3.78. The van der Waals surface area contributed by atoms with E-state index in [1.54, 1.807) is 11.3 Å². The minimum atomic E-state index is 0.833. The average molecular weight is 345 g/mol. The maximum atomic E-state index is 4.66. The monoisotopic (exact) mass is 344 g/mol. The van der Waals surface area contributed by atoms with Crippen molar-refractivity contribution in [3.8, 4) is 0 Å². The number of nitrogens with zero attached hydrogens (tertiary/aromatic N) is 2. The molecule has 0 aliphatic rings. The molecule has 0 saturated carbocycles. The minimum Gasteiger partial charge on any atom is -0.357 e. The summed E-state index contributed by atoms with van der Waals surface area (Å²) in [7, 11) is 0. The van der Waals surface area contributed by atoms with E-state index in [0.29, 0.717) is 0 Å². The molecule has 1 aromatic heterocycles. The van der Waals surface area contributed by atoms with Crippen LogP contribution >= 0.6 is 11.3 Å². The third kappa shape index (κ3) is 6.32. The topological polar surface area (TPSA) is 49.3 Å². The van der Waals surface area contributed by atoms with Crippen molar-refractivity contribution in [2.24, 2.45) is 4.99 Å². The van der Waals surface area contributed by atoms with Crippen molar-refractivity contribution in [1.82, 2.24) is 15.6 Å². The van der Waals surface area contributed by atoms with Gasteiger partial charge in [0.25, 0.3) is 0 Å². The molecule has 130 valence electrons. The summed E-state index contributed by atoms with van der Waals surface area (Å²) in [5.41, 5.74) is 2.52. The first-order valence-corrected chi connectivity index (χ1v) is 9.49. The number of nitrogens with one attached hydrogen (secondary N) is 2. The van der Waals surface area contributed by atoms with E-state index in [1.165, 1.54) is 15.4 Å². The summed E-state index contributed by atoms with van der Waals surface area (Å²) in [5.74, 6) is 0.899. The fourth-order valence-electron chi connectivity index (χ4n) is 2.39. The Morgan fingerprint density at radius 1 is 1.12 bits per heavy atom. The summed E-state index contributed by atoms with van der Waals surface area (Å²) in [6, 6.07) is 10.6. The van der Waals surface area contributed by atoms with Crippen molar-refractivity contribution in [3.05, 3.63) is 51.5 Å². The minimum absolute atomic E-state index is 0.833. The van der Waals surface area contributed by atoms with Crippen molar-refractivity contribution in [1.29, 1.82) is 0 Å². The maximum absolute atomic E-state index is 4.66. The van der Waals surface area contributed by atoms with E-state index in [0.717, 1.165) is 50.6 Å². The molecule has 0 aliphatic heterocycles. The van der Waals surface area contributed by atoms with Crippen molar-refractivity contribution in [2.45, 2.75) is 40.0 Å². The highest BCUT2D eigenvalue weighted by Gasteiger charge is 2.04. The van der Waals surface area contributed by atoms with E-state index in [2.05, 4.69) is 71.7 Å². The lowest BCUT2D eigenvalue weighted by Gasteiger charge is -2.10. The second kappa shape index (κ2) is 10.1. The van der Waals surface area contributed by atoms with Gasteiger partial charge in [-0.2, -0.15) is 0 Å². The number of aryl methyl sites for hydroxylation is 3. The number of aliphatic imine (C=N–C) groups is 1. The highest BCUT2D eigenvalue weighted by atomic mass is 32.1. The Morgan fingerprint density at radius 2 is 1.92 bits per heavy atom. The molecule has 24 heavy (non-hydrogen) atoms. The van der Waals surface area contributed by atoms with Gasteiger partial charge in [0.05, 0.1) is 10.7 Å². The SMILES string of the molecule is CCNC(=NCCCc1ccccc1)NCCc1nc(C)c(C)s1. The number of benzene rings is 1. The molecule has 0 unspecified atom stereocenters. The fraction of sp³-hybridized carbons (Fsp3) is 0.474. The van der Waals surface area contributed by atoms with Crippen LogP contribution in [0.3, 0.4) is 0 Å². The van der Waals surface area contributed by atoms with Crippen LogP contribution in [0.2, 0.25) is 0 Å². The van der Waals surface area contributed by atoms with Gasteiger partial charge in [0.1, 0.15) is 0 Å². The average Bonchev–Trinajstić information content (AvgIpc) is 2.90. The van der Waals surface area contributed by atoms with Gasteiger partial charge >= 0.3 is 0 Å². The van der Waals surface area contributed by atoms with Crippen LogP contribution in [0, 0.1) is 13.8 Å². The Balaban J connectivity index is 1.73. The van der Waals surface area contributed by atoms with Crippen molar-refractivity contribution < 1.29 is 0 Å². The lowest BCUT2D eigenvalue weighted by Crippen LogP contribution is -2.38. The Kier molecular flexibility index (Phi) is 7.75. The Hall–Kier alpha value is -1.88. The van der Waals surface area contributed by atoms with Crippen LogP contribution < -0.4 is 10.6 Å². The summed E-state index contributed by atoms with van der Waals surface area (Å²) in [6.45, 7) is 8.86. The summed E-state index contributed by atoms with van der Waals surface area (Å²) in [4.78, 5) is 10.6. The van der Waals surface area contributed by atoms with Crippen LogP contribution in [0.25, 0.3) is 0 Å². The van der Waals surface area contributed by atoms with Gasteiger partial charge in [-0.25, -0.2) is 4.98 Å². The van der Waals surface area contributed by atoms with Gasteiger partial charge in [0.15, 0.2) is 5.96 Å². The summed E-state index contributed by atoms with van der Waals surface area (Å²) < 4.78 is 0. The molecule has 2 aromatic rings. The first-order chi connectivity index (χ1) is 11.7. The lowest BCUT2D eigenvalue weighted by atomic mass is 10.1. The molecule has 0 spiro atoms. The van der Waals surface area contributed by atoms with Crippen LogP contribution in [0.15, 0.2) is 35.3 Å². The molecule has 1 heterocycles. The van der Waals surface area contributed by atoms with Crippen LogP contribution in [0.1, 0.15) is 34.5 Å². The fourth-order valence-corrected chi connectivity index (χ4v) is 3.33. The molecule has 1 aromatic carbocycles. The van der Waals surface area contributed by atoms with Crippen LogP contribution in [0.5, 0.6) is 0 Å². The van der Waals surface area contributed by atoms with Crippen molar-refractivity contribution in [3.63, 3.8) is 0 Å². The van der Waals surface area contributed by atoms with E-state index in [1.807, 2.05) is 0 Å². The van der Waals surface area contributed by atoms with E-state index < -0.39 is 0 Å². The predicted octanol–water partition coefficient (Wildman–Crippen LogP) is 3.49. The molecular weight excluding hydrogens is 316 g/mol. The Labute approximate surface area is 149 Å². The Bertz CT molecular complexity index is 615. The number of hydrogen-bond acceptors (Lipinski definition) is 3. The highest BCUT2D eigenvalue weighted by molar-refractivity contribution is 7.11. The second-order valence-corrected chi connectivity index (χ2v) is 7.06. The molecule has 5 heteroatoms. The molecule has 2 rings (SSSR count). The molecule has 0 bridgehead atoms. The molecule has 0 atom stereocenters. The van der Waals surface area contributed by atoms with E-state index >= 15 is 0 Å². The van der Waals surface area contributed by atoms with E-state index in [9.17, 15) is 0 Å². The molecule has 0 saturated heterocycles. The molecule has 0 amide bonds. The molecule has 2 N–H and O–H groups in total. The van der Waals surface area contributed by atoms with E-state index in [4.69, 9.17) is 0 Å². The van der Waals surface area contributed by atoms with Gasteiger partial charge in [-0.05, 0) is 39.2 Å². The normalized spacial score (nSPS) is 11.5. The van der Waals surface area contributed by atoms with Crippen molar-refractivity contribution >= 4 is 17.3 Å². The molecule has 0 fully saturated rings. The zero-order valence-corrected chi connectivity index (χ0v) is 15.7. The van der Waals surface area contributed by atoms with Gasteiger partial charge in [-0.1, -0.05) is 30.3 Å². The Morgan fingerprint density at radius 3 is 2.58 bits per heavy atom. The van der Waals surface area contributed by atoms with Crippen LogP contribution in [-0.2, 0) is 12.8 Å². The predicted molar refractivity (Wildman–Crippen MR) is 104 cm³/mol. The number of guanidine groups is 1. The molecule has 0 radical (unpaired) electrons. The first-order valence-electron chi connectivity index (χ1n) is 8.68. The quantitative estimate of drug-likeness (QED) is 0.438. The van der Waals surface area contributed by atoms with Crippen molar-refractivity contribution in [2.75, 3.05) is 19.6 Å². The molecule has 0 aliphatic carbocycles. The zero-order chi connectivity index (χ0) is 17.2. The number of thiazole rings is 1. The summed E-state index contributed by atoms with van der Waals surface area (Å²) in [6.07, 6.45) is 3.07. The van der Waals surface area contributed by atoms with Crippen LogP contribution in [0.4, 0.5) is 0 Å².